The topological polar surface area (TPSA) is 17.1 Å². The quantitative estimate of drug-likeness (QED) is 0.731. The van der Waals surface area contributed by atoms with Crippen molar-refractivity contribution in [1.82, 2.24) is 0 Å². The van der Waals surface area contributed by atoms with E-state index in [4.69, 9.17) is 0 Å². The molecule has 4 aliphatic rings. The van der Waals surface area contributed by atoms with Crippen molar-refractivity contribution in [2.45, 2.75) is 43.9 Å². The average molecular weight is 240 g/mol. The highest BCUT2D eigenvalue weighted by molar-refractivity contribution is 5.91. The number of hydrogen-bond acceptors (Lipinski definition) is 1. The number of carbonyl (C=O) groups excluding carboxylic acids is 1. The largest absolute Gasteiger partial charge is 0.299 e. The van der Waals surface area contributed by atoms with E-state index >= 15 is 0 Å². The van der Waals surface area contributed by atoms with Crippen LogP contribution >= 0.6 is 0 Å². The minimum atomic E-state index is -0.111. The van der Waals surface area contributed by atoms with Gasteiger partial charge in [0.2, 0.25) is 0 Å². The molecule has 0 saturated heterocycles. The molecular weight excluding hydrogens is 220 g/mol. The van der Waals surface area contributed by atoms with Gasteiger partial charge in [-0.2, -0.15) is 0 Å². The van der Waals surface area contributed by atoms with Crippen LogP contribution in [0.5, 0.6) is 0 Å². The van der Waals surface area contributed by atoms with Crippen molar-refractivity contribution in [2.24, 2.45) is 17.8 Å². The van der Waals surface area contributed by atoms with Gasteiger partial charge in [0.15, 0.2) is 0 Å². The van der Waals surface area contributed by atoms with Crippen molar-refractivity contribution in [1.29, 1.82) is 0 Å². The number of rotatable bonds is 1. The fourth-order valence-corrected chi connectivity index (χ4v) is 5.11. The second-order valence-electron chi connectivity index (χ2n) is 6.79. The van der Waals surface area contributed by atoms with Gasteiger partial charge >= 0.3 is 0 Å². The number of Topliss-reactive ketones (excluding diaryl/α,β-unsaturated/α-hetero) is 1. The van der Waals surface area contributed by atoms with Crippen LogP contribution in [-0.4, -0.2) is 5.78 Å². The molecule has 2 unspecified atom stereocenters. The molecule has 4 saturated carbocycles. The first-order valence-corrected chi connectivity index (χ1v) is 7.35. The minimum Gasteiger partial charge on any atom is -0.299 e. The van der Waals surface area contributed by atoms with E-state index in [0.717, 1.165) is 31.1 Å². The second kappa shape index (κ2) is 3.69. The maximum atomic E-state index is 12.8. The van der Waals surface area contributed by atoms with Crippen LogP contribution in [0.3, 0.4) is 0 Å². The van der Waals surface area contributed by atoms with E-state index in [1.54, 1.807) is 0 Å². The van der Waals surface area contributed by atoms with E-state index in [-0.39, 0.29) is 5.41 Å². The third-order valence-corrected chi connectivity index (χ3v) is 5.61. The number of hydrogen-bond donors (Lipinski definition) is 0. The van der Waals surface area contributed by atoms with Crippen molar-refractivity contribution in [2.75, 3.05) is 0 Å². The molecule has 0 spiro atoms. The van der Waals surface area contributed by atoms with Crippen LogP contribution in [0.2, 0.25) is 0 Å². The summed E-state index contributed by atoms with van der Waals surface area (Å²) in [5.74, 6) is 2.88. The molecule has 1 aromatic carbocycles. The molecule has 4 fully saturated rings. The normalized spacial score (nSPS) is 42.0. The van der Waals surface area contributed by atoms with Crippen molar-refractivity contribution in [3.8, 4) is 0 Å². The second-order valence-corrected chi connectivity index (χ2v) is 6.79. The summed E-state index contributed by atoms with van der Waals surface area (Å²) in [6.07, 6.45) is 7.12. The van der Waals surface area contributed by atoms with Crippen LogP contribution in [0.25, 0.3) is 0 Å². The van der Waals surface area contributed by atoms with Gasteiger partial charge in [-0.05, 0) is 55.4 Å². The first kappa shape index (κ1) is 10.8. The third kappa shape index (κ3) is 1.43. The Bertz CT molecular complexity index is 462. The molecule has 4 aliphatic carbocycles. The first-order chi connectivity index (χ1) is 8.76. The maximum Gasteiger partial charge on any atom is 0.143 e. The van der Waals surface area contributed by atoms with Crippen molar-refractivity contribution < 1.29 is 4.79 Å². The van der Waals surface area contributed by atoms with Crippen LogP contribution in [0, 0.1) is 17.8 Å². The van der Waals surface area contributed by atoms with Crippen LogP contribution in [0.1, 0.15) is 44.1 Å². The zero-order chi connectivity index (χ0) is 12.2. The van der Waals surface area contributed by atoms with Gasteiger partial charge in [-0.15, -0.1) is 0 Å². The summed E-state index contributed by atoms with van der Waals surface area (Å²) in [4.78, 5) is 12.8. The Morgan fingerprint density at radius 2 is 1.50 bits per heavy atom. The Morgan fingerprint density at radius 1 is 0.889 bits per heavy atom. The summed E-state index contributed by atoms with van der Waals surface area (Å²) in [6.45, 7) is 0. The Labute approximate surface area is 109 Å². The monoisotopic (exact) mass is 240 g/mol. The third-order valence-electron chi connectivity index (χ3n) is 5.61. The summed E-state index contributed by atoms with van der Waals surface area (Å²) >= 11 is 0. The molecule has 18 heavy (non-hydrogen) atoms. The minimum absolute atomic E-state index is 0.111. The summed E-state index contributed by atoms with van der Waals surface area (Å²) in [5, 5.41) is 0. The van der Waals surface area contributed by atoms with Crippen molar-refractivity contribution >= 4 is 5.78 Å². The lowest BCUT2D eigenvalue weighted by Crippen LogP contribution is -2.41. The molecule has 0 aliphatic heterocycles. The Kier molecular flexibility index (Phi) is 2.21. The zero-order valence-electron chi connectivity index (χ0n) is 10.8. The lowest BCUT2D eigenvalue weighted by molar-refractivity contribution is -0.125. The Balaban J connectivity index is 1.85. The van der Waals surface area contributed by atoms with E-state index < -0.39 is 0 Å². The van der Waals surface area contributed by atoms with Gasteiger partial charge in [-0.3, -0.25) is 4.79 Å². The number of benzene rings is 1. The smallest absolute Gasteiger partial charge is 0.143 e. The summed E-state index contributed by atoms with van der Waals surface area (Å²) in [5.41, 5.74) is 1.19. The summed E-state index contributed by atoms with van der Waals surface area (Å²) in [6, 6.07) is 10.6. The van der Waals surface area contributed by atoms with E-state index in [1.807, 2.05) is 0 Å². The van der Waals surface area contributed by atoms with Crippen molar-refractivity contribution in [3.63, 3.8) is 0 Å². The molecule has 1 nitrogen and oxygen atoms in total. The first-order valence-electron chi connectivity index (χ1n) is 7.35. The van der Waals surface area contributed by atoms with Gasteiger partial charge in [0.05, 0.1) is 5.41 Å². The van der Waals surface area contributed by atoms with Gasteiger partial charge in [-0.1, -0.05) is 30.3 Å². The van der Waals surface area contributed by atoms with Gasteiger partial charge in [0.25, 0.3) is 0 Å². The molecule has 0 amide bonds. The number of carbonyl (C=O) groups is 1. The molecule has 4 bridgehead atoms. The molecule has 0 radical (unpaired) electrons. The van der Waals surface area contributed by atoms with Gasteiger partial charge in [0, 0.05) is 6.42 Å². The lowest BCUT2D eigenvalue weighted by Gasteiger charge is -2.44. The van der Waals surface area contributed by atoms with Crippen LogP contribution < -0.4 is 0 Å². The summed E-state index contributed by atoms with van der Waals surface area (Å²) < 4.78 is 0. The van der Waals surface area contributed by atoms with Crippen LogP contribution in [0.15, 0.2) is 30.3 Å². The van der Waals surface area contributed by atoms with Crippen LogP contribution in [-0.2, 0) is 10.2 Å². The fourth-order valence-electron chi connectivity index (χ4n) is 5.11. The summed E-state index contributed by atoms with van der Waals surface area (Å²) in [7, 11) is 0. The Hall–Kier alpha value is -1.11. The van der Waals surface area contributed by atoms with Gasteiger partial charge < -0.3 is 0 Å². The van der Waals surface area contributed by atoms with Crippen LogP contribution in [0.4, 0.5) is 0 Å². The maximum absolute atomic E-state index is 12.8. The highest BCUT2D eigenvalue weighted by Crippen LogP contribution is 2.56. The molecule has 0 N–H and O–H groups in total. The zero-order valence-corrected chi connectivity index (χ0v) is 10.8. The van der Waals surface area contributed by atoms with E-state index in [0.29, 0.717) is 11.7 Å². The number of ketones is 1. The fraction of sp³-hybridized carbons (Fsp3) is 0.588. The van der Waals surface area contributed by atoms with Gasteiger partial charge in [-0.25, -0.2) is 0 Å². The highest BCUT2D eigenvalue weighted by Gasteiger charge is 2.52. The lowest BCUT2D eigenvalue weighted by atomic mass is 9.59. The molecule has 5 rings (SSSR count). The highest BCUT2D eigenvalue weighted by atomic mass is 16.1. The molecule has 1 aromatic rings. The average Bonchev–Trinajstić information content (AvgIpc) is 2.52. The van der Waals surface area contributed by atoms with E-state index in [1.165, 1.54) is 24.8 Å². The molecule has 1 heteroatoms. The standard InChI is InChI=1S/C17H20O/c18-16-9-12-6-13-8-14(7-12)11-17(16,10-13)15-4-2-1-3-5-15/h1-5,12-14H,6-11H2/t12?,13-,14+,17?. The molecule has 0 heterocycles. The van der Waals surface area contributed by atoms with Gasteiger partial charge in [0.1, 0.15) is 5.78 Å². The molecule has 0 aromatic heterocycles. The number of fused-ring (bicyclic) bond motifs is 1. The Morgan fingerprint density at radius 3 is 2.17 bits per heavy atom. The predicted molar refractivity (Wildman–Crippen MR) is 71.3 cm³/mol. The molecular formula is C17H20O. The van der Waals surface area contributed by atoms with E-state index in [9.17, 15) is 4.79 Å². The SMILES string of the molecule is O=C1CC2C[C@@H]3C[C@H](C2)CC1(c1ccccc1)C3. The van der Waals surface area contributed by atoms with Crippen molar-refractivity contribution in [3.05, 3.63) is 35.9 Å². The predicted octanol–water partition coefficient (Wildman–Crippen LogP) is 3.72. The molecule has 4 atom stereocenters. The molecule has 94 valence electrons. The van der Waals surface area contributed by atoms with E-state index in [2.05, 4.69) is 30.3 Å².